The molecule has 2 atom stereocenters. The molecule has 1 aromatic heterocycles. The van der Waals surface area contributed by atoms with Crippen molar-refractivity contribution < 1.29 is 0 Å². The summed E-state index contributed by atoms with van der Waals surface area (Å²) in [6.07, 6.45) is 2.33. The minimum absolute atomic E-state index is 0.432. The number of aryl methyl sites for hydroxylation is 1. The summed E-state index contributed by atoms with van der Waals surface area (Å²) in [5.74, 6) is 3.35. The molecule has 3 N–H and O–H groups in total. The third-order valence-corrected chi connectivity index (χ3v) is 3.58. The molecular formula is C14H25N5. The fraction of sp³-hybridized carbons (Fsp3) is 0.714. The Morgan fingerprint density at radius 1 is 1.42 bits per heavy atom. The first kappa shape index (κ1) is 14.1. The van der Waals surface area contributed by atoms with E-state index in [0.29, 0.717) is 12.0 Å². The number of anilines is 2. The molecule has 0 saturated carbocycles. The van der Waals surface area contributed by atoms with Gasteiger partial charge in [-0.2, -0.15) is 0 Å². The number of rotatable bonds is 6. The molecule has 1 aliphatic heterocycles. The summed E-state index contributed by atoms with van der Waals surface area (Å²) in [4.78, 5) is 8.87. The van der Waals surface area contributed by atoms with Crippen LogP contribution >= 0.6 is 0 Å². The van der Waals surface area contributed by atoms with E-state index in [1.807, 2.05) is 13.0 Å². The maximum atomic E-state index is 4.45. The Morgan fingerprint density at radius 3 is 2.89 bits per heavy atom. The van der Waals surface area contributed by atoms with Crippen molar-refractivity contribution in [3.8, 4) is 0 Å². The molecule has 1 aromatic rings. The predicted molar refractivity (Wildman–Crippen MR) is 79.6 cm³/mol. The first-order chi connectivity index (χ1) is 9.17. The van der Waals surface area contributed by atoms with Crippen molar-refractivity contribution in [2.75, 3.05) is 30.3 Å². The third-order valence-electron chi connectivity index (χ3n) is 3.58. The van der Waals surface area contributed by atoms with E-state index in [0.717, 1.165) is 43.5 Å². The van der Waals surface area contributed by atoms with Crippen molar-refractivity contribution >= 4 is 11.6 Å². The van der Waals surface area contributed by atoms with Crippen LogP contribution in [0.15, 0.2) is 6.07 Å². The van der Waals surface area contributed by atoms with Crippen LogP contribution < -0.4 is 16.0 Å². The molecule has 5 heteroatoms. The summed E-state index contributed by atoms with van der Waals surface area (Å²) in [7, 11) is 0. The molecule has 0 amide bonds. The van der Waals surface area contributed by atoms with Crippen LogP contribution in [0.25, 0.3) is 0 Å². The van der Waals surface area contributed by atoms with Gasteiger partial charge >= 0.3 is 0 Å². The molecule has 1 aliphatic rings. The summed E-state index contributed by atoms with van der Waals surface area (Å²) in [5, 5.41) is 10.2. The molecule has 2 unspecified atom stereocenters. The van der Waals surface area contributed by atoms with E-state index in [1.54, 1.807) is 0 Å². The van der Waals surface area contributed by atoms with Crippen molar-refractivity contribution in [1.29, 1.82) is 0 Å². The highest BCUT2D eigenvalue weighted by Crippen LogP contribution is 2.14. The van der Waals surface area contributed by atoms with Crippen LogP contribution in [0.5, 0.6) is 0 Å². The van der Waals surface area contributed by atoms with Crippen LogP contribution in [-0.2, 0) is 0 Å². The van der Waals surface area contributed by atoms with Gasteiger partial charge in [-0.15, -0.1) is 0 Å². The molecule has 0 aliphatic carbocycles. The van der Waals surface area contributed by atoms with Gasteiger partial charge in [0.25, 0.3) is 0 Å². The van der Waals surface area contributed by atoms with Crippen LogP contribution in [0.2, 0.25) is 0 Å². The van der Waals surface area contributed by atoms with Gasteiger partial charge in [0.1, 0.15) is 17.5 Å². The van der Waals surface area contributed by atoms with Gasteiger partial charge in [0.2, 0.25) is 0 Å². The second-order valence-corrected chi connectivity index (χ2v) is 5.38. The molecule has 5 nitrogen and oxygen atoms in total. The molecule has 106 valence electrons. The molecule has 2 rings (SSSR count). The van der Waals surface area contributed by atoms with Crippen LogP contribution in [0.1, 0.15) is 32.5 Å². The Hall–Kier alpha value is -1.36. The van der Waals surface area contributed by atoms with E-state index >= 15 is 0 Å². The standard InChI is InChI=1S/C14H25N5/c1-4-10(2)17-14-7-13(18-11(3)19-14)16-9-12-5-6-15-8-12/h7,10,12,15H,4-6,8-9H2,1-3H3,(H2,16,17,18,19). The van der Waals surface area contributed by atoms with Crippen molar-refractivity contribution in [3.63, 3.8) is 0 Å². The molecule has 0 spiro atoms. The van der Waals surface area contributed by atoms with E-state index in [2.05, 4.69) is 39.8 Å². The molecule has 2 heterocycles. The van der Waals surface area contributed by atoms with Crippen molar-refractivity contribution in [2.45, 2.75) is 39.7 Å². The van der Waals surface area contributed by atoms with E-state index in [1.165, 1.54) is 6.42 Å². The second kappa shape index (κ2) is 6.70. The minimum atomic E-state index is 0.432. The summed E-state index contributed by atoms with van der Waals surface area (Å²) >= 11 is 0. The molecular weight excluding hydrogens is 238 g/mol. The number of hydrogen-bond acceptors (Lipinski definition) is 5. The quantitative estimate of drug-likeness (QED) is 0.733. The SMILES string of the molecule is CCC(C)Nc1cc(NCC2CCNC2)nc(C)n1. The lowest BCUT2D eigenvalue weighted by molar-refractivity contribution is 0.614. The Balaban J connectivity index is 1.95. The Kier molecular flexibility index (Phi) is 4.96. The van der Waals surface area contributed by atoms with Crippen molar-refractivity contribution in [1.82, 2.24) is 15.3 Å². The topological polar surface area (TPSA) is 61.9 Å². The van der Waals surface area contributed by atoms with E-state index in [9.17, 15) is 0 Å². The average molecular weight is 263 g/mol. The van der Waals surface area contributed by atoms with Gasteiger partial charge in [0.15, 0.2) is 0 Å². The monoisotopic (exact) mass is 263 g/mol. The largest absolute Gasteiger partial charge is 0.370 e. The highest BCUT2D eigenvalue weighted by atomic mass is 15.1. The second-order valence-electron chi connectivity index (χ2n) is 5.38. The van der Waals surface area contributed by atoms with Crippen LogP contribution in [0, 0.1) is 12.8 Å². The minimum Gasteiger partial charge on any atom is -0.370 e. The lowest BCUT2D eigenvalue weighted by atomic mass is 10.1. The van der Waals surface area contributed by atoms with Gasteiger partial charge in [-0.25, -0.2) is 9.97 Å². The number of nitrogens with one attached hydrogen (secondary N) is 3. The highest BCUT2D eigenvalue weighted by Gasteiger charge is 2.14. The molecule has 0 bridgehead atoms. The first-order valence-electron chi connectivity index (χ1n) is 7.24. The number of nitrogens with zero attached hydrogens (tertiary/aromatic N) is 2. The Bertz CT molecular complexity index is 401. The zero-order chi connectivity index (χ0) is 13.7. The lowest BCUT2D eigenvalue weighted by Gasteiger charge is -2.15. The predicted octanol–water partition coefficient (Wildman–Crippen LogP) is 2.02. The van der Waals surface area contributed by atoms with Gasteiger partial charge in [-0.3, -0.25) is 0 Å². The normalized spacial score (nSPS) is 20.3. The average Bonchev–Trinajstić information content (AvgIpc) is 2.88. The van der Waals surface area contributed by atoms with Gasteiger partial charge < -0.3 is 16.0 Å². The fourth-order valence-corrected chi connectivity index (χ4v) is 2.22. The summed E-state index contributed by atoms with van der Waals surface area (Å²) in [5.41, 5.74) is 0. The maximum absolute atomic E-state index is 4.45. The van der Waals surface area contributed by atoms with Gasteiger partial charge in [0.05, 0.1) is 0 Å². The van der Waals surface area contributed by atoms with Crippen LogP contribution in [0.4, 0.5) is 11.6 Å². The van der Waals surface area contributed by atoms with Gasteiger partial charge in [0, 0.05) is 18.7 Å². The van der Waals surface area contributed by atoms with Crippen LogP contribution in [-0.4, -0.2) is 35.6 Å². The summed E-state index contributed by atoms with van der Waals surface area (Å²) in [6, 6.07) is 2.43. The number of hydrogen-bond donors (Lipinski definition) is 3. The van der Waals surface area contributed by atoms with E-state index < -0.39 is 0 Å². The Morgan fingerprint density at radius 2 is 2.21 bits per heavy atom. The van der Waals surface area contributed by atoms with E-state index in [4.69, 9.17) is 0 Å². The number of aromatic nitrogens is 2. The summed E-state index contributed by atoms with van der Waals surface area (Å²) < 4.78 is 0. The van der Waals surface area contributed by atoms with Crippen molar-refractivity contribution in [2.24, 2.45) is 5.92 Å². The van der Waals surface area contributed by atoms with Crippen LogP contribution in [0.3, 0.4) is 0 Å². The zero-order valence-electron chi connectivity index (χ0n) is 12.2. The maximum Gasteiger partial charge on any atom is 0.132 e. The highest BCUT2D eigenvalue weighted by molar-refractivity contribution is 5.48. The van der Waals surface area contributed by atoms with Gasteiger partial charge in [-0.1, -0.05) is 6.92 Å². The fourth-order valence-electron chi connectivity index (χ4n) is 2.22. The van der Waals surface area contributed by atoms with Gasteiger partial charge in [-0.05, 0) is 45.7 Å². The smallest absolute Gasteiger partial charge is 0.132 e. The zero-order valence-corrected chi connectivity index (χ0v) is 12.2. The van der Waals surface area contributed by atoms with E-state index in [-0.39, 0.29) is 0 Å². The molecule has 1 fully saturated rings. The third kappa shape index (κ3) is 4.35. The molecule has 19 heavy (non-hydrogen) atoms. The van der Waals surface area contributed by atoms with Crippen molar-refractivity contribution in [3.05, 3.63) is 11.9 Å². The Labute approximate surface area is 115 Å². The molecule has 1 saturated heterocycles. The molecule has 0 radical (unpaired) electrons. The lowest BCUT2D eigenvalue weighted by Crippen LogP contribution is -2.19. The summed E-state index contributed by atoms with van der Waals surface area (Å²) in [6.45, 7) is 9.48. The first-order valence-corrected chi connectivity index (χ1v) is 7.24. The molecule has 0 aromatic carbocycles.